The van der Waals surface area contributed by atoms with Crippen molar-refractivity contribution in [3.8, 4) is 5.75 Å². The van der Waals surface area contributed by atoms with Crippen LogP contribution in [0.3, 0.4) is 0 Å². The molecule has 1 amide bonds. The fourth-order valence-corrected chi connectivity index (χ4v) is 3.67. The monoisotopic (exact) mass is 459 g/mol. The molecule has 0 saturated heterocycles. The molecule has 0 spiro atoms. The predicted molar refractivity (Wildman–Crippen MR) is 107 cm³/mol. The lowest BCUT2D eigenvalue weighted by atomic mass is 10.1. The summed E-state index contributed by atoms with van der Waals surface area (Å²) in [7, 11) is -4.41. The van der Waals surface area contributed by atoms with E-state index in [4.69, 9.17) is 26.6 Å². The summed E-state index contributed by atoms with van der Waals surface area (Å²) < 4.78 is 30.1. The predicted octanol–water partition coefficient (Wildman–Crippen LogP) is 3.05. The van der Waals surface area contributed by atoms with E-state index in [2.05, 4.69) is 12.2 Å². The maximum Gasteiger partial charge on any atom is 0.413 e. The fraction of sp³-hybridized carbons (Fsp3) is 0.125. The van der Waals surface area contributed by atoms with Crippen LogP contribution < -0.4 is 9.92 Å². The molecule has 0 heterocycles. The minimum Gasteiger partial charge on any atom is -0.465 e. The van der Waals surface area contributed by atoms with Crippen molar-refractivity contribution < 1.29 is 27.4 Å². The summed E-state index contributed by atoms with van der Waals surface area (Å²) in [5.41, 5.74) is 5.01. The van der Waals surface area contributed by atoms with E-state index < -0.39 is 43.4 Å². The number of nitro groups is 1. The van der Waals surface area contributed by atoms with Gasteiger partial charge >= 0.3 is 16.2 Å². The molecule has 0 atom stereocenters. The van der Waals surface area contributed by atoms with E-state index >= 15 is 0 Å². The Hall–Kier alpha value is -2.96. The molecule has 0 fully saturated rings. The lowest BCUT2D eigenvalue weighted by Crippen LogP contribution is -2.39. The number of rotatable bonds is 6. The Balaban J connectivity index is 2.44. The van der Waals surface area contributed by atoms with Gasteiger partial charge in [0.1, 0.15) is 10.6 Å². The summed E-state index contributed by atoms with van der Waals surface area (Å²) in [6.45, 7) is 1.05. The molecule has 0 unspecified atom stereocenters. The summed E-state index contributed by atoms with van der Waals surface area (Å²) in [4.78, 5) is 21.8. The zero-order valence-corrected chi connectivity index (χ0v) is 17.1. The van der Waals surface area contributed by atoms with Crippen LogP contribution in [0.25, 0.3) is 0 Å². The van der Waals surface area contributed by atoms with Crippen LogP contribution in [0.4, 0.5) is 10.5 Å². The van der Waals surface area contributed by atoms with Crippen molar-refractivity contribution in [3.63, 3.8) is 0 Å². The number of halogens is 1. The molecule has 2 rings (SSSR count). The van der Waals surface area contributed by atoms with Gasteiger partial charge in [0.05, 0.1) is 11.5 Å². The number of nitrogens with zero attached hydrogens (tertiary/aromatic N) is 2. The first-order valence-corrected chi connectivity index (χ1v) is 9.89. The van der Waals surface area contributed by atoms with Crippen LogP contribution in [0, 0.1) is 17.0 Å². The number of hydrogen-bond acceptors (Lipinski definition) is 7. The van der Waals surface area contributed by atoms with Crippen molar-refractivity contribution in [2.75, 3.05) is 0 Å². The Labute approximate surface area is 175 Å². The van der Waals surface area contributed by atoms with Crippen LogP contribution in [-0.2, 0) is 16.7 Å². The normalized spacial score (nSPS) is 11.0. The molecular weight excluding hydrogens is 446 g/mol. The van der Waals surface area contributed by atoms with Gasteiger partial charge in [-0.15, -0.1) is 0 Å². The van der Waals surface area contributed by atoms with Gasteiger partial charge in [0.25, 0.3) is 5.69 Å². The van der Waals surface area contributed by atoms with Gasteiger partial charge in [-0.2, -0.15) is 8.42 Å². The highest BCUT2D eigenvalue weighted by Gasteiger charge is 2.26. The van der Waals surface area contributed by atoms with E-state index in [0.717, 1.165) is 18.2 Å². The molecule has 10 nitrogen and oxygen atoms in total. The molecule has 2 aromatic rings. The molecule has 154 valence electrons. The van der Waals surface area contributed by atoms with Crippen LogP contribution in [0.5, 0.6) is 5.75 Å². The van der Waals surface area contributed by atoms with Gasteiger partial charge in [0.15, 0.2) is 5.11 Å². The SMILES string of the molecule is Cc1cc(Cl)ccc1OS(=O)(=O)c1ccc(CN(C(=O)O)C(N)=S)c([N+](=O)[O-])c1. The summed E-state index contributed by atoms with van der Waals surface area (Å²) in [5, 5.41) is 20.4. The van der Waals surface area contributed by atoms with Crippen LogP contribution in [-0.4, -0.2) is 34.6 Å². The van der Waals surface area contributed by atoms with Crippen molar-refractivity contribution in [2.45, 2.75) is 18.4 Å². The Bertz CT molecular complexity index is 1090. The first-order chi connectivity index (χ1) is 13.4. The van der Waals surface area contributed by atoms with Gasteiger partial charge in [-0.05, 0) is 55.0 Å². The third kappa shape index (κ3) is 5.31. The standard InChI is InChI=1S/C16H14ClN3O7S2/c1-9-6-11(17)3-5-14(9)27-29(25,26)12-4-2-10(13(7-12)20(23)24)8-19(15(18)28)16(21)22/h2-7H,8H2,1H3,(H2,18,28)(H,21,22). The van der Waals surface area contributed by atoms with E-state index in [1.165, 1.54) is 18.2 Å². The Morgan fingerprint density at radius 2 is 2.00 bits per heavy atom. The number of benzene rings is 2. The van der Waals surface area contributed by atoms with E-state index in [-0.39, 0.29) is 11.3 Å². The fourth-order valence-electron chi connectivity index (χ4n) is 2.29. The molecule has 2 aromatic carbocycles. The zero-order chi connectivity index (χ0) is 21.9. The van der Waals surface area contributed by atoms with E-state index in [9.17, 15) is 23.3 Å². The Kier molecular flexibility index (Phi) is 6.62. The van der Waals surface area contributed by atoms with Crippen LogP contribution in [0.2, 0.25) is 5.02 Å². The minimum atomic E-state index is -4.41. The molecule has 0 aliphatic heterocycles. The zero-order valence-electron chi connectivity index (χ0n) is 14.7. The third-order valence-corrected chi connectivity index (χ3v) is 5.39. The maximum absolute atomic E-state index is 12.5. The highest BCUT2D eigenvalue weighted by Crippen LogP contribution is 2.29. The second-order valence-electron chi connectivity index (χ2n) is 5.70. The molecule has 3 N–H and O–H groups in total. The molecule has 0 aliphatic rings. The van der Waals surface area contributed by atoms with Gasteiger partial charge in [0, 0.05) is 16.7 Å². The number of aryl methyl sites for hydroxylation is 1. The number of carbonyl (C=O) groups is 1. The largest absolute Gasteiger partial charge is 0.465 e. The number of thiocarbonyl (C=S) groups is 1. The average Bonchev–Trinajstić information content (AvgIpc) is 2.61. The quantitative estimate of drug-likeness (QED) is 0.287. The molecule has 0 aliphatic carbocycles. The lowest BCUT2D eigenvalue weighted by Gasteiger charge is -2.17. The highest BCUT2D eigenvalue weighted by molar-refractivity contribution is 7.87. The maximum atomic E-state index is 12.5. The van der Waals surface area contributed by atoms with Gasteiger partial charge in [0.2, 0.25) is 0 Å². The second-order valence-corrected chi connectivity index (χ2v) is 8.10. The first-order valence-electron chi connectivity index (χ1n) is 7.70. The summed E-state index contributed by atoms with van der Waals surface area (Å²) in [6, 6.07) is 7.20. The summed E-state index contributed by atoms with van der Waals surface area (Å²) in [5.74, 6) is 0.00617. The molecule has 0 radical (unpaired) electrons. The van der Waals surface area contributed by atoms with Crippen molar-refractivity contribution in [2.24, 2.45) is 5.73 Å². The van der Waals surface area contributed by atoms with E-state index in [1.807, 2.05) is 0 Å². The number of carboxylic acid groups (broad SMARTS) is 1. The van der Waals surface area contributed by atoms with Crippen LogP contribution in [0.1, 0.15) is 11.1 Å². The topological polar surface area (TPSA) is 153 Å². The Morgan fingerprint density at radius 3 is 2.52 bits per heavy atom. The van der Waals surface area contributed by atoms with Gasteiger partial charge in [-0.1, -0.05) is 11.6 Å². The van der Waals surface area contributed by atoms with Crippen molar-refractivity contribution in [1.29, 1.82) is 0 Å². The summed E-state index contributed by atoms with van der Waals surface area (Å²) in [6.07, 6.45) is -1.51. The lowest BCUT2D eigenvalue weighted by molar-refractivity contribution is -0.385. The summed E-state index contributed by atoms with van der Waals surface area (Å²) >= 11 is 10.4. The number of hydrogen-bond donors (Lipinski definition) is 2. The van der Waals surface area contributed by atoms with Gasteiger partial charge < -0.3 is 15.0 Å². The first kappa shape index (κ1) is 22.3. The Morgan fingerprint density at radius 1 is 1.34 bits per heavy atom. The molecule has 0 saturated carbocycles. The van der Waals surface area contributed by atoms with Crippen molar-refractivity contribution >= 4 is 50.8 Å². The number of nitrogens with two attached hydrogens (primary N) is 1. The third-order valence-electron chi connectivity index (χ3n) is 3.70. The second kappa shape index (κ2) is 8.59. The van der Waals surface area contributed by atoms with Crippen molar-refractivity contribution in [1.82, 2.24) is 4.90 Å². The number of amides is 1. The highest BCUT2D eigenvalue weighted by atomic mass is 35.5. The molecule has 0 aromatic heterocycles. The minimum absolute atomic E-state index is 0.00617. The average molecular weight is 460 g/mol. The van der Waals surface area contributed by atoms with Crippen molar-refractivity contribution in [3.05, 3.63) is 62.7 Å². The molecule has 0 bridgehead atoms. The molecule has 13 heteroatoms. The van der Waals surface area contributed by atoms with Crippen LogP contribution in [0.15, 0.2) is 41.3 Å². The van der Waals surface area contributed by atoms with Gasteiger partial charge in [-0.3, -0.25) is 10.1 Å². The van der Waals surface area contributed by atoms with E-state index in [0.29, 0.717) is 15.5 Å². The van der Waals surface area contributed by atoms with Crippen LogP contribution >= 0.6 is 23.8 Å². The molecule has 29 heavy (non-hydrogen) atoms. The molecular formula is C16H14ClN3O7S2. The van der Waals surface area contributed by atoms with E-state index in [1.54, 1.807) is 6.92 Å². The smallest absolute Gasteiger partial charge is 0.413 e. The number of nitro benzene ring substituents is 1. The van der Waals surface area contributed by atoms with Gasteiger partial charge in [-0.25, -0.2) is 9.69 Å².